The Morgan fingerprint density at radius 2 is 2.23 bits per heavy atom. The topological polar surface area (TPSA) is 43.1 Å². The van der Waals surface area contributed by atoms with Crippen molar-refractivity contribution in [3.63, 3.8) is 0 Å². The van der Waals surface area contributed by atoms with Gasteiger partial charge in [0.2, 0.25) is 5.91 Å². The van der Waals surface area contributed by atoms with Gasteiger partial charge in [0, 0.05) is 16.1 Å². The van der Waals surface area contributed by atoms with Crippen LogP contribution in [0.2, 0.25) is 0 Å². The number of benzene rings is 1. The Morgan fingerprint density at radius 1 is 1.54 bits per heavy atom. The summed E-state index contributed by atoms with van der Waals surface area (Å²) in [7, 11) is 0. The maximum Gasteiger partial charge on any atom is 0.241 e. The standard InChI is InChI=1S/C9H7BrFNO/c10-7-3-1-6(8(11)5-7)2-4-9(12)13/h1-5H,(H2,12,13)/b4-2-. The highest BCUT2D eigenvalue weighted by Gasteiger charge is 1.98. The van der Waals surface area contributed by atoms with Gasteiger partial charge >= 0.3 is 0 Å². The Balaban J connectivity index is 2.96. The molecule has 4 heteroatoms. The Bertz CT molecular complexity index is 363. The maximum atomic E-state index is 13.1. The van der Waals surface area contributed by atoms with Gasteiger partial charge in [-0.25, -0.2) is 4.39 Å². The molecule has 0 aliphatic rings. The molecule has 0 heterocycles. The summed E-state index contributed by atoms with van der Waals surface area (Å²) in [6, 6.07) is 4.56. The molecule has 0 saturated carbocycles. The van der Waals surface area contributed by atoms with E-state index in [0.29, 0.717) is 10.0 Å². The van der Waals surface area contributed by atoms with Gasteiger partial charge < -0.3 is 5.73 Å². The zero-order valence-corrected chi connectivity index (χ0v) is 8.21. The summed E-state index contributed by atoms with van der Waals surface area (Å²) in [5.74, 6) is -0.991. The number of carbonyl (C=O) groups is 1. The molecule has 0 unspecified atom stereocenters. The summed E-state index contributed by atoms with van der Waals surface area (Å²) in [5, 5.41) is 0. The third kappa shape index (κ3) is 2.99. The van der Waals surface area contributed by atoms with E-state index in [2.05, 4.69) is 15.9 Å². The molecule has 0 aliphatic carbocycles. The number of rotatable bonds is 2. The fraction of sp³-hybridized carbons (Fsp3) is 0. The van der Waals surface area contributed by atoms with Gasteiger partial charge in [-0.05, 0) is 18.2 Å². The van der Waals surface area contributed by atoms with Crippen LogP contribution in [-0.2, 0) is 4.79 Å². The van der Waals surface area contributed by atoms with Crippen molar-refractivity contribution >= 4 is 27.9 Å². The molecule has 0 radical (unpaired) electrons. The molecule has 0 spiro atoms. The van der Waals surface area contributed by atoms with E-state index in [9.17, 15) is 9.18 Å². The number of amides is 1. The van der Waals surface area contributed by atoms with Crippen LogP contribution in [0.4, 0.5) is 4.39 Å². The molecule has 1 aromatic carbocycles. The van der Waals surface area contributed by atoms with Crippen LogP contribution in [0.25, 0.3) is 6.08 Å². The van der Waals surface area contributed by atoms with Crippen LogP contribution >= 0.6 is 15.9 Å². The SMILES string of the molecule is NC(=O)/C=C\c1ccc(Br)cc1F. The minimum Gasteiger partial charge on any atom is -0.366 e. The third-order valence-electron chi connectivity index (χ3n) is 1.39. The minimum atomic E-state index is -0.595. The first-order valence-corrected chi connectivity index (χ1v) is 4.31. The van der Waals surface area contributed by atoms with Crippen LogP contribution in [0.3, 0.4) is 0 Å². The summed E-state index contributed by atoms with van der Waals surface area (Å²) < 4.78 is 13.7. The van der Waals surface area contributed by atoms with E-state index in [1.165, 1.54) is 12.1 Å². The van der Waals surface area contributed by atoms with Crippen molar-refractivity contribution in [2.45, 2.75) is 0 Å². The summed E-state index contributed by atoms with van der Waals surface area (Å²) in [6.45, 7) is 0. The summed E-state index contributed by atoms with van der Waals surface area (Å²) in [4.78, 5) is 10.4. The van der Waals surface area contributed by atoms with Gasteiger partial charge in [-0.2, -0.15) is 0 Å². The van der Waals surface area contributed by atoms with Crippen molar-refractivity contribution in [1.82, 2.24) is 0 Å². The largest absolute Gasteiger partial charge is 0.366 e. The predicted molar refractivity (Wildman–Crippen MR) is 52.3 cm³/mol. The Hall–Kier alpha value is -1.16. The molecule has 2 nitrogen and oxygen atoms in total. The van der Waals surface area contributed by atoms with Crippen molar-refractivity contribution in [2.75, 3.05) is 0 Å². The Kier molecular flexibility index (Phi) is 3.19. The molecular weight excluding hydrogens is 237 g/mol. The number of hydrogen-bond donors (Lipinski definition) is 1. The lowest BCUT2D eigenvalue weighted by molar-refractivity contribution is -0.113. The van der Waals surface area contributed by atoms with Crippen LogP contribution in [0.15, 0.2) is 28.7 Å². The number of carbonyl (C=O) groups excluding carboxylic acids is 1. The van der Waals surface area contributed by atoms with Crippen LogP contribution in [0.5, 0.6) is 0 Å². The van der Waals surface area contributed by atoms with Crippen molar-refractivity contribution < 1.29 is 9.18 Å². The molecule has 1 amide bonds. The molecule has 0 bridgehead atoms. The molecule has 13 heavy (non-hydrogen) atoms. The van der Waals surface area contributed by atoms with Crippen molar-refractivity contribution in [3.05, 3.63) is 40.1 Å². The molecule has 0 aliphatic heterocycles. The average Bonchev–Trinajstić information content (AvgIpc) is 2.02. The Morgan fingerprint density at radius 3 is 2.77 bits per heavy atom. The molecule has 2 N–H and O–H groups in total. The molecule has 1 aromatic rings. The molecule has 68 valence electrons. The van der Waals surface area contributed by atoms with Gasteiger partial charge in [0.05, 0.1) is 0 Å². The highest BCUT2D eigenvalue weighted by atomic mass is 79.9. The van der Waals surface area contributed by atoms with Crippen molar-refractivity contribution in [2.24, 2.45) is 5.73 Å². The van der Waals surface area contributed by atoms with E-state index in [-0.39, 0.29) is 0 Å². The zero-order valence-electron chi connectivity index (χ0n) is 6.63. The number of halogens is 2. The molecule has 0 atom stereocenters. The number of nitrogens with two attached hydrogens (primary N) is 1. The second kappa shape index (κ2) is 4.18. The minimum absolute atomic E-state index is 0.335. The molecule has 1 rings (SSSR count). The highest BCUT2D eigenvalue weighted by molar-refractivity contribution is 9.10. The van der Waals surface area contributed by atoms with Crippen LogP contribution in [0, 0.1) is 5.82 Å². The second-order valence-corrected chi connectivity index (χ2v) is 3.32. The highest BCUT2D eigenvalue weighted by Crippen LogP contribution is 2.16. The van der Waals surface area contributed by atoms with E-state index in [1.54, 1.807) is 12.1 Å². The van der Waals surface area contributed by atoms with Gasteiger partial charge in [0.15, 0.2) is 0 Å². The first-order chi connectivity index (χ1) is 6.09. The van der Waals surface area contributed by atoms with Gasteiger partial charge in [-0.3, -0.25) is 4.79 Å². The number of hydrogen-bond acceptors (Lipinski definition) is 1. The fourth-order valence-electron chi connectivity index (χ4n) is 0.809. The summed E-state index contributed by atoms with van der Waals surface area (Å²) in [6.07, 6.45) is 2.45. The van der Waals surface area contributed by atoms with Crippen molar-refractivity contribution in [3.8, 4) is 0 Å². The molecule has 0 fully saturated rings. The monoisotopic (exact) mass is 243 g/mol. The lowest BCUT2D eigenvalue weighted by atomic mass is 10.2. The maximum absolute atomic E-state index is 13.1. The molecule has 0 aromatic heterocycles. The zero-order chi connectivity index (χ0) is 9.84. The van der Waals surface area contributed by atoms with E-state index in [0.717, 1.165) is 6.08 Å². The lowest BCUT2D eigenvalue weighted by Gasteiger charge is -1.96. The van der Waals surface area contributed by atoms with E-state index < -0.39 is 11.7 Å². The van der Waals surface area contributed by atoms with E-state index in [4.69, 9.17) is 5.73 Å². The Labute approximate surface area is 83.4 Å². The normalized spacial score (nSPS) is 10.6. The summed E-state index contributed by atoms with van der Waals surface area (Å²) in [5.41, 5.74) is 5.20. The first kappa shape index (κ1) is 9.92. The van der Waals surface area contributed by atoms with Gasteiger partial charge in [0.1, 0.15) is 5.82 Å². The van der Waals surface area contributed by atoms with Crippen LogP contribution < -0.4 is 5.73 Å². The van der Waals surface area contributed by atoms with E-state index in [1.807, 2.05) is 0 Å². The quantitative estimate of drug-likeness (QED) is 0.795. The fourth-order valence-corrected chi connectivity index (χ4v) is 1.14. The predicted octanol–water partition coefficient (Wildman–Crippen LogP) is 2.09. The summed E-state index contributed by atoms with van der Waals surface area (Å²) >= 11 is 3.12. The molecular formula is C9H7BrFNO. The van der Waals surface area contributed by atoms with Gasteiger partial charge in [0.25, 0.3) is 0 Å². The van der Waals surface area contributed by atoms with Gasteiger partial charge in [-0.15, -0.1) is 0 Å². The van der Waals surface area contributed by atoms with Gasteiger partial charge in [-0.1, -0.05) is 22.0 Å². The second-order valence-electron chi connectivity index (χ2n) is 2.40. The van der Waals surface area contributed by atoms with E-state index >= 15 is 0 Å². The average molecular weight is 244 g/mol. The third-order valence-corrected chi connectivity index (χ3v) is 1.88. The lowest BCUT2D eigenvalue weighted by Crippen LogP contribution is -2.05. The van der Waals surface area contributed by atoms with Crippen molar-refractivity contribution in [1.29, 1.82) is 0 Å². The van der Waals surface area contributed by atoms with Crippen LogP contribution in [-0.4, -0.2) is 5.91 Å². The molecule has 0 saturated heterocycles. The smallest absolute Gasteiger partial charge is 0.241 e. The first-order valence-electron chi connectivity index (χ1n) is 3.52. The van der Waals surface area contributed by atoms with Crippen LogP contribution in [0.1, 0.15) is 5.56 Å². The number of primary amides is 1.